The van der Waals surface area contributed by atoms with Gasteiger partial charge in [-0.25, -0.2) is 4.99 Å². The number of hydrogen-bond acceptors (Lipinski definition) is 2. The molecule has 1 aliphatic rings. The number of H-pyrrole nitrogens is 1. The van der Waals surface area contributed by atoms with Crippen LogP contribution in [0.4, 0.5) is 0 Å². The summed E-state index contributed by atoms with van der Waals surface area (Å²) in [7, 11) is 0. The Balaban J connectivity index is 1.88. The predicted octanol–water partition coefficient (Wildman–Crippen LogP) is 5.52. The standard InChI is InChI=1S/C20H14Br2N2O2/c1-9-7-11(3-5-13(9)21)17-15-16(20(26)23-17)18(24-19(15)25)12-4-6-14(22)10(2)8-12/h3-8,23,26H,1-2H3. The highest BCUT2D eigenvalue weighted by Crippen LogP contribution is 2.39. The summed E-state index contributed by atoms with van der Waals surface area (Å²) in [5.41, 5.74) is 5.67. The molecule has 1 aromatic heterocycles. The van der Waals surface area contributed by atoms with Gasteiger partial charge in [-0.3, -0.25) is 4.79 Å². The highest BCUT2D eigenvalue weighted by Gasteiger charge is 2.33. The number of carbonyl (C=O) groups is 1. The topological polar surface area (TPSA) is 65.5 Å². The van der Waals surface area contributed by atoms with E-state index in [4.69, 9.17) is 0 Å². The number of hydrogen-bond donors (Lipinski definition) is 2. The van der Waals surface area contributed by atoms with Crippen molar-refractivity contribution in [3.8, 4) is 17.1 Å². The molecule has 2 heterocycles. The zero-order valence-corrected chi connectivity index (χ0v) is 17.2. The summed E-state index contributed by atoms with van der Waals surface area (Å²) in [6.45, 7) is 3.95. The van der Waals surface area contributed by atoms with Gasteiger partial charge in [0.25, 0.3) is 5.91 Å². The molecule has 4 rings (SSSR count). The molecule has 1 aliphatic heterocycles. The van der Waals surface area contributed by atoms with Crippen LogP contribution in [0.5, 0.6) is 5.88 Å². The van der Waals surface area contributed by atoms with Crippen LogP contribution in [0, 0.1) is 13.8 Å². The number of aliphatic imine (C=N–C) groups is 1. The van der Waals surface area contributed by atoms with Crippen molar-refractivity contribution >= 4 is 43.5 Å². The van der Waals surface area contributed by atoms with E-state index < -0.39 is 0 Å². The summed E-state index contributed by atoms with van der Waals surface area (Å²) in [5, 5.41) is 10.5. The fourth-order valence-electron chi connectivity index (χ4n) is 3.16. The lowest BCUT2D eigenvalue weighted by Gasteiger charge is -2.04. The Morgan fingerprint density at radius 3 is 2.12 bits per heavy atom. The SMILES string of the molecule is Cc1cc(C2=NC(=O)c3c(-c4ccc(Br)c(C)c4)[nH]c(O)c32)ccc1Br. The molecular weight excluding hydrogens is 460 g/mol. The van der Waals surface area contributed by atoms with E-state index in [2.05, 4.69) is 41.8 Å². The van der Waals surface area contributed by atoms with Crippen molar-refractivity contribution < 1.29 is 9.90 Å². The molecule has 26 heavy (non-hydrogen) atoms. The van der Waals surface area contributed by atoms with Gasteiger partial charge in [0.15, 0.2) is 5.88 Å². The molecule has 0 aliphatic carbocycles. The summed E-state index contributed by atoms with van der Waals surface area (Å²) < 4.78 is 1.97. The molecule has 0 unspecified atom stereocenters. The number of carbonyl (C=O) groups excluding carboxylic acids is 1. The molecular formula is C20H14Br2N2O2. The van der Waals surface area contributed by atoms with Gasteiger partial charge in [0, 0.05) is 14.5 Å². The lowest BCUT2D eigenvalue weighted by molar-refractivity contribution is 0.101. The fourth-order valence-corrected chi connectivity index (χ4v) is 3.66. The Bertz CT molecular complexity index is 1110. The lowest BCUT2D eigenvalue weighted by atomic mass is 9.99. The molecule has 1 amide bonds. The Kier molecular flexibility index (Phi) is 4.12. The van der Waals surface area contributed by atoms with Gasteiger partial charge in [-0.05, 0) is 54.8 Å². The zero-order valence-electron chi connectivity index (χ0n) is 14.0. The predicted molar refractivity (Wildman–Crippen MR) is 109 cm³/mol. The van der Waals surface area contributed by atoms with Crippen molar-refractivity contribution in [2.45, 2.75) is 13.8 Å². The molecule has 0 saturated carbocycles. The molecule has 0 atom stereocenters. The van der Waals surface area contributed by atoms with Crippen molar-refractivity contribution in [3.63, 3.8) is 0 Å². The van der Waals surface area contributed by atoms with Crippen LogP contribution in [0.25, 0.3) is 11.3 Å². The first-order valence-corrected chi connectivity index (χ1v) is 9.56. The van der Waals surface area contributed by atoms with Gasteiger partial charge in [-0.1, -0.05) is 44.0 Å². The van der Waals surface area contributed by atoms with Crippen molar-refractivity contribution in [2.75, 3.05) is 0 Å². The van der Waals surface area contributed by atoms with Crippen molar-refractivity contribution in [2.24, 2.45) is 4.99 Å². The molecule has 0 fully saturated rings. The lowest BCUT2D eigenvalue weighted by Crippen LogP contribution is -2.00. The molecule has 4 nitrogen and oxygen atoms in total. The highest BCUT2D eigenvalue weighted by molar-refractivity contribution is 9.10. The molecule has 0 saturated heterocycles. The van der Waals surface area contributed by atoms with Crippen LogP contribution in [-0.4, -0.2) is 21.7 Å². The van der Waals surface area contributed by atoms with Crippen LogP contribution in [-0.2, 0) is 0 Å². The van der Waals surface area contributed by atoms with Crippen molar-refractivity contribution in [1.82, 2.24) is 4.98 Å². The summed E-state index contributed by atoms with van der Waals surface area (Å²) in [6, 6.07) is 11.5. The minimum Gasteiger partial charge on any atom is -0.494 e. The monoisotopic (exact) mass is 472 g/mol. The number of nitrogens with one attached hydrogen (secondary N) is 1. The number of nitrogens with zero attached hydrogens (tertiary/aromatic N) is 1. The first kappa shape index (κ1) is 17.2. The van der Waals surface area contributed by atoms with E-state index in [9.17, 15) is 9.90 Å². The third-order valence-electron chi connectivity index (χ3n) is 4.52. The van der Waals surface area contributed by atoms with E-state index in [0.29, 0.717) is 22.5 Å². The largest absolute Gasteiger partial charge is 0.494 e. The number of aromatic amines is 1. The number of amides is 1. The Morgan fingerprint density at radius 2 is 1.50 bits per heavy atom. The quantitative estimate of drug-likeness (QED) is 0.514. The van der Waals surface area contributed by atoms with Crippen LogP contribution in [0.15, 0.2) is 50.3 Å². The maximum absolute atomic E-state index is 12.6. The molecule has 0 spiro atoms. The smallest absolute Gasteiger partial charge is 0.280 e. The van der Waals surface area contributed by atoms with E-state index in [1.54, 1.807) is 0 Å². The number of aryl methyl sites for hydroxylation is 2. The van der Waals surface area contributed by atoms with Gasteiger partial charge in [0.2, 0.25) is 0 Å². The number of benzene rings is 2. The van der Waals surface area contributed by atoms with Crippen molar-refractivity contribution in [3.05, 3.63) is 73.2 Å². The zero-order chi connectivity index (χ0) is 18.6. The average Bonchev–Trinajstić information content (AvgIpc) is 3.12. The minimum atomic E-state index is -0.345. The first-order chi connectivity index (χ1) is 12.4. The van der Waals surface area contributed by atoms with Gasteiger partial charge < -0.3 is 10.1 Å². The van der Waals surface area contributed by atoms with E-state index in [-0.39, 0.29) is 11.8 Å². The van der Waals surface area contributed by atoms with Crippen LogP contribution in [0.3, 0.4) is 0 Å². The number of halogens is 2. The third-order valence-corrected chi connectivity index (χ3v) is 6.30. The van der Waals surface area contributed by atoms with Gasteiger partial charge in [-0.15, -0.1) is 0 Å². The number of aromatic nitrogens is 1. The minimum absolute atomic E-state index is 0.0410. The number of rotatable bonds is 2. The normalized spacial score (nSPS) is 13.1. The van der Waals surface area contributed by atoms with E-state index in [1.807, 2.05) is 50.2 Å². The molecule has 3 aromatic rings. The average molecular weight is 474 g/mol. The van der Waals surface area contributed by atoms with Crippen LogP contribution < -0.4 is 0 Å². The molecule has 2 N–H and O–H groups in total. The molecule has 130 valence electrons. The maximum Gasteiger partial charge on any atom is 0.280 e. The molecule has 2 aromatic carbocycles. The summed E-state index contributed by atoms with van der Waals surface area (Å²) >= 11 is 6.96. The van der Waals surface area contributed by atoms with Gasteiger partial charge in [-0.2, -0.15) is 0 Å². The van der Waals surface area contributed by atoms with Crippen LogP contribution in [0.1, 0.15) is 32.6 Å². The summed E-state index contributed by atoms with van der Waals surface area (Å²) in [6.07, 6.45) is 0. The maximum atomic E-state index is 12.6. The van der Waals surface area contributed by atoms with Crippen LogP contribution in [0.2, 0.25) is 0 Å². The van der Waals surface area contributed by atoms with Gasteiger partial charge in [0.05, 0.1) is 22.5 Å². The Hall–Kier alpha value is -2.18. The second-order valence-corrected chi connectivity index (χ2v) is 8.00. The first-order valence-electron chi connectivity index (χ1n) is 7.98. The second-order valence-electron chi connectivity index (χ2n) is 6.29. The second kappa shape index (κ2) is 6.21. The van der Waals surface area contributed by atoms with Gasteiger partial charge >= 0.3 is 0 Å². The summed E-state index contributed by atoms with van der Waals surface area (Å²) in [4.78, 5) is 19.8. The molecule has 0 bridgehead atoms. The Labute approximate surface area is 167 Å². The summed E-state index contributed by atoms with van der Waals surface area (Å²) in [5.74, 6) is -0.386. The molecule has 0 radical (unpaired) electrons. The molecule has 6 heteroatoms. The number of fused-ring (bicyclic) bond motifs is 1. The number of aromatic hydroxyl groups is 1. The van der Waals surface area contributed by atoms with Crippen molar-refractivity contribution in [1.29, 1.82) is 0 Å². The van der Waals surface area contributed by atoms with Crippen LogP contribution >= 0.6 is 31.9 Å². The Morgan fingerprint density at radius 1 is 0.923 bits per heavy atom. The van der Waals surface area contributed by atoms with E-state index in [0.717, 1.165) is 31.2 Å². The van der Waals surface area contributed by atoms with E-state index >= 15 is 0 Å². The third kappa shape index (κ3) is 2.64. The fraction of sp³-hybridized carbons (Fsp3) is 0.100. The van der Waals surface area contributed by atoms with Gasteiger partial charge in [0.1, 0.15) is 0 Å². The highest BCUT2D eigenvalue weighted by atomic mass is 79.9. The van der Waals surface area contributed by atoms with E-state index in [1.165, 1.54) is 0 Å².